The van der Waals surface area contributed by atoms with Gasteiger partial charge >= 0.3 is 12.1 Å². The number of esters is 1. The number of aryl methyl sites for hydroxylation is 1. The number of alkyl halides is 3. The Morgan fingerprint density at radius 3 is 2.65 bits per heavy atom. The molecule has 0 unspecified atom stereocenters. The lowest BCUT2D eigenvalue weighted by atomic mass is 10.1. The lowest BCUT2D eigenvalue weighted by Gasteiger charge is -2.39. The highest BCUT2D eigenvalue weighted by molar-refractivity contribution is 7.09. The Kier molecular flexibility index (Phi) is 3.97. The fourth-order valence-corrected chi connectivity index (χ4v) is 2.69. The molecule has 0 aromatic carbocycles. The second kappa shape index (κ2) is 5.80. The third-order valence-electron chi connectivity index (χ3n) is 3.35. The fourth-order valence-electron chi connectivity index (χ4n) is 2.11. The second-order valence-corrected chi connectivity index (χ2v) is 6.15. The SMILES string of the molecule is Cc1nc(C(=O)OC2CN(c3ccc(C(F)(F)F)cn3)C2)cs1. The standard InChI is InChI=1S/C14H12F3N3O2S/c1-8-19-11(7-23-8)13(21)22-10-5-20(6-10)12-3-2-9(4-18-12)14(15,16)17/h2-4,7,10H,5-6H2,1H3. The molecule has 1 aliphatic rings. The highest BCUT2D eigenvalue weighted by Crippen LogP contribution is 2.30. The molecule has 2 aromatic rings. The Hall–Kier alpha value is -2.16. The van der Waals surface area contributed by atoms with Crippen molar-refractivity contribution in [3.05, 3.63) is 40.0 Å². The van der Waals surface area contributed by atoms with Crippen LogP contribution in [-0.2, 0) is 10.9 Å². The number of pyridine rings is 1. The van der Waals surface area contributed by atoms with E-state index in [0.29, 0.717) is 18.9 Å². The van der Waals surface area contributed by atoms with Gasteiger partial charge in [0.2, 0.25) is 0 Å². The van der Waals surface area contributed by atoms with Gasteiger partial charge in [-0.3, -0.25) is 0 Å². The number of thiazole rings is 1. The third-order valence-corrected chi connectivity index (χ3v) is 4.12. The zero-order valence-corrected chi connectivity index (χ0v) is 12.8. The smallest absolute Gasteiger partial charge is 0.417 e. The monoisotopic (exact) mass is 343 g/mol. The van der Waals surface area contributed by atoms with Gasteiger partial charge < -0.3 is 9.64 Å². The number of hydrogen-bond donors (Lipinski definition) is 0. The Morgan fingerprint density at radius 2 is 2.13 bits per heavy atom. The van der Waals surface area contributed by atoms with Crippen molar-refractivity contribution in [1.29, 1.82) is 0 Å². The minimum absolute atomic E-state index is 0.276. The summed E-state index contributed by atoms with van der Waals surface area (Å²) < 4.78 is 42.7. The van der Waals surface area contributed by atoms with Crippen LogP contribution in [0.2, 0.25) is 0 Å². The van der Waals surface area contributed by atoms with Crippen LogP contribution in [0.15, 0.2) is 23.7 Å². The van der Waals surface area contributed by atoms with Crippen LogP contribution < -0.4 is 4.90 Å². The average Bonchev–Trinajstić information content (AvgIpc) is 2.88. The molecule has 0 amide bonds. The summed E-state index contributed by atoms with van der Waals surface area (Å²) in [6.45, 7) is 2.59. The summed E-state index contributed by atoms with van der Waals surface area (Å²) in [7, 11) is 0. The van der Waals surface area contributed by atoms with E-state index in [1.54, 1.807) is 17.2 Å². The molecule has 1 aliphatic heterocycles. The highest BCUT2D eigenvalue weighted by Gasteiger charge is 2.34. The number of halogens is 3. The lowest BCUT2D eigenvalue weighted by Crippen LogP contribution is -2.53. The van der Waals surface area contributed by atoms with E-state index in [4.69, 9.17) is 4.74 Å². The van der Waals surface area contributed by atoms with Crippen molar-refractivity contribution < 1.29 is 22.7 Å². The number of anilines is 1. The van der Waals surface area contributed by atoms with Crippen LogP contribution in [0.25, 0.3) is 0 Å². The summed E-state index contributed by atoms with van der Waals surface area (Å²) in [6.07, 6.45) is -3.91. The molecule has 0 atom stereocenters. The summed E-state index contributed by atoms with van der Waals surface area (Å²) in [5, 5.41) is 2.41. The zero-order valence-electron chi connectivity index (χ0n) is 12.0. The Balaban J connectivity index is 1.54. The van der Waals surface area contributed by atoms with Crippen molar-refractivity contribution in [1.82, 2.24) is 9.97 Å². The molecule has 0 radical (unpaired) electrons. The van der Waals surface area contributed by atoms with Gasteiger partial charge in [-0.05, 0) is 19.1 Å². The Morgan fingerprint density at radius 1 is 1.39 bits per heavy atom. The molecule has 122 valence electrons. The number of hydrogen-bond acceptors (Lipinski definition) is 6. The van der Waals surface area contributed by atoms with Crippen LogP contribution in [0.1, 0.15) is 21.1 Å². The van der Waals surface area contributed by atoms with E-state index in [1.165, 1.54) is 17.4 Å². The molecule has 5 nitrogen and oxygen atoms in total. The highest BCUT2D eigenvalue weighted by atomic mass is 32.1. The molecule has 1 saturated heterocycles. The largest absolute Gasteiger partial charge is 0.454 e. The maximum absolute atomic E-state index is 12.5. The van der Waals surface area contributed by atoms with Crippen molar-refractivity contribution in [3.63, 3.8) is 0 Å². The number of nitrogens with zero attached hydrogens (tertiary/aromatic N) is 3. The average molecular weight is 343 g/mol. The molecular weight excluding hydrogens is 331 g/mol. The molecular formula is C14H12F3N3O2S. The van der Waals surface area contributed by atoms with Gasteiger partial charge in [0.1, 0.15) is 11.9 Å². The maximum atomic E-state index is 12.5. The van der Waals surface area contributed by atoms with E-state index in [2.05, 4.69) is 9.97 Å². The summed E-state index contributed by atoms with van der Waals surface area (Å²) >= 11 is 1.36. The van der Waals surface area contributed by atoms with Gasteiger partial charge in [0, 0.05) is 11.6 Å². The molecule has 3 rings (SSSR count). The Labute approximate surface area is 133 Å². The third kappa shape index (κ3) is 3.44. The van der Waals surface area contributed by atoms with Gasteiger partial charge in [-0.25, -0.2) is 14.8 Å². The van der Waals surface area contributed by atoms with Gasteiger partial charge in [0.05, 0.1) is 23.7 Å². The van der Waals surface area contributed by atoms with Crippen molar-refractivity contribution >= 4 is 23.1 Å². The predicted molar refractivity (Wildman–Crippen MR) is 77.5 cm³/mol. The van der Waals surface area contributed by atoms with Crippen molar-refractivity contribution in [2.24, 2.45) is 0 Å². The minimum Gasteiger partial charge on any atom is -0.454 e. The lowest BCUT2D eigenvalue weighted by molar-refractivity contribution is -0.137. The van der Waals surface area contributed by atoms with Crippen LogP contribution in [0.4, 0.5) is 19.0 Å². The first-order chi connectivity index (χ1) is 10.8. The molecule has 0 N–H and O–H groups in total. The van der Waals surface area contributed by atoms with Crippen LogP contribution in [-0.4, -0.2) is 35.1 Å². The predicted octanol–water partition coefficient (Wildman–Crippen LogP) is 2.91. The topological polar surface area (TPSA) is 55.3 Å². The molecule has 3 heterocycles. The van der Waals surface area contributed by atoms with E-state index in [9.17, 15) is 18.0 Å². The summed E-state index contributed by atoms with van der Waals surface area (Å²) in [6, 6.07) is 2.30. The first-order valence-electron chi connectivity index (χ1n) is 6.74. The number of carbonyl (C=O) groups excluding carboxylic acids is 1. The number of aromatic nitrogens is 2. The molecule has 0 bridgehead atoms. The van der Waals surface area contributed by atoms with Gasteiger partial charge in [-0.15, -0.1) is 11.3 Å². The molecule has 0 aliphatic carbocycles. The zero-order chi connectivity index (χ0) is 16.6. The summed E-state index contributed by atoms with van der Waals surface area (Å²) in [5.74, 6) is -0.0609. The molecule has 0 saturated carbocycles. The van der Waals surface area contributed by atoms with Gasteiger partial charge in [-0.2, -0.15) is 13.2 Å². The molecule has 2 aromatic heterocycles. The van der Waals surface area contributed by atoms with Gasteiger partial charge in [-0.1, -0.05) is 0 Å². The van der Waals surface area contributed by atoms with E-state index >= 15 is 0 Å². The van der Waals surface area contributed by atoms with Crippen LogP contribution in [0, 0.1) is 6.92 Å². The maximum Gasteiger partial charge on any atom is 0.417 e. The normalized spacial score (nSPS) is 15.4. The van der Waals surface area contributed by atoms with Gasteiger partial charge in [0.25, 0.3) is 0 Å². The van der Waals surface area contributed by atoms with Crippen LogP contribution >= 0.6 is 11.3 Å². The number of rotatable bonds is 3. The van der Waals surface area contributed by atoms with Crippen molar-refractivity contribution in [3.8, 4) is 0 Å². The van der Waals surface area contributed by atoms with E-state index < -0.39 is 17.7 Å². The summed E-state index contributed by atoms with van der Waals surface area (Å²) in [4.78, 5) is 21.4. The molecule has 0 spiro atoms. The van der Waals surface area contributed by atoms with Crippen LogP contribution in [0.5, 0.6) is 0 Å². The number of carbonyl (C=O) groups is 1. The second-order valence-electron chi connectivity index (χ2n) is 5.09. The Bertz CT molecular complexity index is 709. The quantitative estimate of drug-likeness (QED) is 0.802. The molecule has 1 fully saturated rings. The first-order valence-corrected chi connectivity index (χ1v) is 7.62. The van der Waals surface area contributed by atoms with Gasteiger partial charge in [0.15, 0.2) is 5.69 Å². The van der Waals surface area contributed by atoms with Crippen molar-refractivity contribution in [2.75, 3.05) is 18.0 Å². The van der Waals surface area contributed by atoms with Crippen LogP contribution in [0.3, 0.4) is 0 Å². The minimum atomic E-state index is -4.40. The summed E-state index contributed by atoms with van der Waals surface area (Å²) in [5.41, 5.74) is -0.512. The van der Waals surface area contributed by atoms with E-state index in [0.717, 1.165) is 17.3 Å². The van der Waals surface area contributed by atoms with Crippen molar-refractivity contribution in [2.45, 2.75) is 19.2 Å². The molecule has 23 heavy (non-hydrogen) atoms. The fraction of sp³-hybridized carbons (Fsp3) is 0.357. The van der Waals surface area contributed by atoms with E-state index in [1.807, 2.05) is 0 Å². The molecule has 9 heteroatoms. The van der Waals surface area contributed by atoms with E-state index in [-0.39, 0.29) is 11.8 Å². The first kappa shape index (κ1) is 15.7. The number of ether oxygens (including phenoxy) is 1.